The first-order valence-corrected chi connectivity index (χ1v) is 6.12. The molecule has 1 aromatic heterocycles. The molecule has 0 aliphatic carbocycles. The average Bonchev–Trinajstić information content (AvgIpc) is 2.38. The first kappa shape index (κ1) is 13.9. The van der Waals surface area contributed by atoms with Crippen molar-refractivity contribution in [2.75, 3.05) is 7.11 Å². The topological polar surface area (TPSA) is 13.1 Å². The molecule has 0 saturated carbocycles. The van der Waals surface area contributed by atoms with Crippen LogP contribution < -0.4 is 21.7 Å². The summed E-state index contributed by atoms with van der Waals surface area (Å²) in [5.41, 5.74) is 1.16. The van der Waals surface area contributed by atoms with Gasteiger partial charge >= 0.3 is 0 Å². The van der Waals surface area contributed by atoms with Gasteiger partial charge in [-0.15, -0.1) is 0 Å². The summed E-state index contributed by atoms with van der Waals surface area (Å²) in [7, 11) is 3.72. The number of rotatable bonds is 1. The molecule has 0 spiro atoms. The van der Waals surface area contributed by atoms with Crippen LogP contribution in [0.25, 0.3) is 21.7 Å². The molecule has 0 saturated heterocycles. The Morgan fingerprint density at radius 1 is 1.05 bits per heavy atom. The second-order valence-corrected chi connectivity index (χ2v) is 4.79. The molecule has 0 atom stereocenters. The van der Waals surface area contributed by atoms with Crippen LogP contribution in [0.15, 0.2) is 42.6 Å². The lowest BCUT2D eigenvalue weighted by molar-refractivity contribution is -0.643. The average molecular weight is 294 g/mol. The van der Waals surface area contributed by atoms with Crippen LogP contribution in [0.2, 0.25) is 5.02 Å². The quantitative estimate of drug-likeness (QED) is 0.470. The van der Waals surface area contributed by atoms with Gasteiger partial charge < -0.3 is 17.1 Å². The van der Waals surface area contributed by atoms with Gasteiger partial charge in [-0.1, -0.05) is 11.6 Å². The van der Waals surface area contributed by atoms with Crippen molar-refractivity contribution >= 4 is 33.3 Å². The minimum absolute atomic E-state index is 0. The number of ether oxygens (including phenoxy) is 1. The number of aryl methyl sites for hydroxylation is 1. The molecule has 0 amide bonds. The summed E-state index contributed by atoms with van der Waals surface area (Å²) in [6, 6.07) is 12.1. The summed E-state index contributed by atoms with van der Waals surface area (Å²) < 4.78 is 7.37. The number of hydrogen-bond donors (Lipinski definition) is 0. The molecule has 4 heteroatoms. The van der Waals surface area contributed by atoms with Gasteiger partial charge in [0.15, 0.2) is 6.20 Å². The van der Waals surface area contributed by atoms with Crippen LogP contribution in [0.4, 0.5) is 0 Å². The van der Waals surface area contributed by atoms with E-state index in [1.807, 2.05) is 37.4 Å². The fourth-order valence-electron chi connectivity index (χ4n) is 2.33. The van der Waals surface area contributed by atoms with E-state index in [1.165, 1.54) is 5.39 Å². The van der Waals surface area contributed by atoms with Crippen LogP contribution in [0.3, 0.4) is 0 Å². The Kier molecular flexibility index (Phi) is 3.83. The zero-order chi connectivity index (χ0) is 12.7. The highest BCUT2D eigenvalue weighted by molar-refractivity contribution is 6.31. The molecule has 3 rings (SSSR count). The van der Waals surface area contributed by atoms with Crippen LogP contribution in [-0.4, -0.2) is 7.11 Å². The second kappa shape index (κ2) is 5.24. The van der Waals surface area contributed by atoms with Crippen molar-refractivity contribution in [2.45, 2.75) is 0 Å². The van der Waals surface area contributed by atoms with Gasteiger partial charge in [0.2, 0.25) is 5.52 Å². The maximum atomic E-state index is 6.10. The number of halogens is 2. The summed E-state index contributed by atoms with van der Waals surface area (Å²) >= 11 is 6.10. The highest BCUT2D eigenvalue weighted by Crippen LogP contribution is 2.27. The van der Waals surface area contributed by atoms with Crippen molar-refractivity contribution in [3.05, 3.63) is 47.6 Å². The number of hydrogen-bond acceptors (Lipinski definition) is 1. The predicted molar refractivity (Wildman–Crippen MR) is 74.2 cm³/mol. The number of aromatic nitrogens is 1. The van der Waals surface area contributed by atoms with Crippen LogP contribution in [-0.2, 0) is 7.05 Å². The monoisotopic (exact) mass is 293 g/mol. The van der Waals surface area contributed by atoms with E-state index >= 15 is 0 Å². The normalized spacial score (nSPS) is 10.5. The van der Waals surface area contributed by atoms with E-state index in [0.717, 1.165) is 27.1 Å². The lowest BCUT2D eigenvalue weighted by Gasteiger charge is -2.05. The molecule has 2 nitrogen and oxygen atoms in total. The van der Waals surface area contributed by atoms with Gasteiger partial charge in [0.25, 0.3) is 0 Å². The first-order chi connectivity index (χ1) is 8.69. The Morgan fingerprint density at radius 2 is 1.84 bits per heavy atom. The van der Waals surface area contributed by atoms with E-state index in [4.69, 9.17) is 16.3 Å². The maximum Gasteiger partial charge on any atom is 0.212 e. The van der Waals surface area contributed by atoms with E-state index in [0.29, 0.717) is 0 Å². The molecule has 3 aromatic rings. The van der Waals surface area contributed by atoms with Crippen LogP contribution >= 0.6 is 11.6 Å². The van der Waals surface area contributed by atoms with Gasteiger partial charge in [-0.25, -0.2) is 4.57 Å². The van der Waals surface area contributed by atoms with Crippen molar-refractivity contribution in [2.24, 2.45) is 7.05 Å². The number of nitrogens with zero attached hydrogens (tertiary/aromatic N) is 1. The van der Waals surface area contributed by atoms with Crippen LogP contribution in [0.1, 0.15) is 0 Å². The molecular formula is C15H13Cl2NO. The third-order valence-corrected chi connectivity index (χ3v) is 3.46. The molecule has 2 aromatic carbocycles. The zero-order valence-corrected chi connectivity index (χ0v) is 12.2. The van der Waals surface area contributed by atoms with Crippen molar-refractivity contribution in [3.8, 4) is 5.75 Å². The Bertz CT molecular complexity index is 756. The van der Waals surface area contributed by atoms with Gasteiger partial charge in [-0.05, 0) is 30.3 Å². The zero-order valence-electron chi connectivity index (χ0n) is 10.7. The number of fused-ring (bicyclic) bond motifs is 3. The molecule has 0 unspecified atom stereocenters. The summed E-state index contributed by atoms with van der Waals surface area (Å²) in [6.07, 6.45) is 2.11. The maximum absolute atomic E-state index is 6.10. The second-order valence-electron chi connectivity index (χ2n) is 4.35. The molecule has 1 heterocycles. The van der Waals surface area contributed by atoms with Gasteiger partial charge in [0.05, 0.1) is 17.9 Å². The number of methoxy groups -OCH3 is 1. The van der Waals surface area contributed by atoms with Crippen molar-refractivity contribution < 1.29 is 21.7 Å². The third-order valence-electron chi connectivity index (χ3n) is 3.22. The summed E-state index contributed by atoms with van der Waals surface area (Å²) in [4.78, 5) is 0. The molecule has 98 valence electrons. The van der Waals surface area contributed by atoms with E-state index in [9.17, 15) is 0 Å². The van der Waals surface area contributed by atoms with Gasteiger partial charge in [0, 0.05) is 16.5 Å². The van der Waals surface area contributed by atoms with Gasteiger partial charge in [0.1, 0.15) is 12.8 Å². The molecule has 0 fully saturated rings. The Labute approximate surface area is 123 Å². The summed E-state index contributed by atoms with van der Waals surface area (Å²) in [5, 5.41) is 4.24. The van der Waals surface area contributed by atoms with Gasteiger partial charge in [-0.3, -0.25) is 0 Å². The molecule has 0 radical (unpaired) electrons. The predicted octanol–water partition coefficient (Wildman–Crippen LogP) is 0.483. The summed E-state index contributed by atoms with van der Waals surface area (Å²) in [5.74, 6) is 0.865. The fraction of sp³-hybridized carbons (Fsp3) is 0.133. The van der Waals surface area contributed by atoms with Crippen molar-refractivity contribution in [3.63, 3.8) is 0 Å². The standard InChI is InChI=1S/C15H13ClNO.ClH/c1-17-9-10-7-12(18-2)4-5-13(10)14-8-11(16)3-6-15(14)17;/h3-9H,1-2H3;1H/q+1;/p-1. The minimum Gasteiger partial charge on any atom is -1.00 e. The Balaban J connectivity index is 0.00000133. The largest absolute Gasteiger partial charge is 1.00 e. The fourth-order valence-corrected chi connectivity index (χ4v) is 2.50. The van der Waals surface area contributed by atoms with E-state index in [-0.39, 0.29) is 12.4 Å². The lowest BCUT2D eigenvalue weighted by Crippen LogP contribution is -3.00. The highest BCUT2D eigenvalue weighted by Gasteiger charge is 2.11. The van der Waals surface area contributed by atoms with E-state index < -0.39 is 0 Å². The Hall–Kier alpha value is -1.51. The van der Waals surface area contributed by atoms with Crippen molar-refractivity contribution in [1.82, 2.24) is 0 Å². The molecule has 0 aliphatic rings. The van der Waals surface area contributed by atoms with Crippen molar-refractivity contribution in [1.29, 1.82) is 0 Å². The third kappa shape index (κ3) is 2.34. The van der Waals surface area contributed by atoms with Crippen LogP contribution in [0.5, 0.6) is 5.75 Å². The molecule has 0 aliphatic heterocycles. The summed E-state index contributed by atoms with van der Waals surface area (Å²) in [6.45, 7) is 0. The highest BCUT2D eigenvalue weighted by atomic mass is 35.5. The molecule has 0 N–H and O–H groups in total. The Morgan fingerprint density at radius 3 is 2.58 bits per heavy atom. The number of pyridine rings is 1. The lowest BCUT2D eigenvalue weighted by atomic mass is 10.1. The minimum atomic E-state index is 0. The SMILES string of the molecule is COc1ccc2c(c1)c[n+](C)c1ccc(Cl)cc21.[Cl-]. The molecule has 0 bridgehead atoms. The molecule has 19 heavy (non-hydrogen) atoms. The van der Waals surface area contributed by atoms with E-state index in [2.05, 4.69) is 16.8 Å². The number of benzene rings is 2. The van der Waals surface area contributed by atoms with E-state index in [1.54, 1.807) is 7.11 Å². The molecular weight excluding hydrogens is 281 g/mol. The first-order valence-electron chi connectivity index (χ1n) is 5.75. The smallest absolute Gasteiger partial charge is 0.212 e. The van der Waals surface area contributed by atoms with Crippen LogP contribution in [0, 0.1) is 0 Å². The van der Waals surface area contributed by atoms with Gasteiger partial charge in [-0.2, -0.15) is 0 Å².